The quantitative estimate of drug-likeness (QED) is 0.632. The van der Waals surface area contributed by atoms with Crippen LogP contribution in [0.1, 0.15) is 25.0 Å². The number of hydrogen-bond donors (Lipinski definition) is 2. The zero-order chi connectivity index (χ0) is 17.5. The van der Waals surface area contributed by atoms with E-state index in [4.69, 9.17) is 4.74 Å². The molecule has 2 aromatic carbocycles. The number of anilines is 1. The number of nitrogens with zero attached hydrogens (tertiary/aromatic N) is 1. The highest BCUT2D eigenvalue weighted by Crippen LogP contribution is 2.23. The highest BCUT2D eigenvalue weighted by Gasteiger charge is 2.14. The van der Waals surface area contributed by atoms with E-state index in [9.17, 15) is 4.79 Å². The van der Waals surface area contributed by atoms with Crippen LogP contribution in [0.3, 0.4) is 0 Å². The van der Waals surface area contributed by atoms with E-state index in [1.165, 1.54) is 5.56 Å². The zero-order valence-corrected chi connectivity index (χ0v) is 14.5. The second-order valence-corrected chi connectivity index (χ2v) is 5.61. The minimum atomic E-state index is -0.448. The lowest BCUT2D eigenvalue weighted by Gasteiger charge is -2.16. The summed E-state index contributed by atoms with van der Waals surface area (Å²) in [5, 5.41) is 7.30. The summed E-state index contributed by atoms with van der Waals surface area (Å²) in [6, 6.07) is 15.0. The highest BCUT2D eigenvalue weighted by atomic mass is 16.5. The average Bonchev–Trinajstić information content (AvgIpc) is 2.60. The number of para-hydroxylation sites is 2. The molecule has 126 valence electrons. The van der Waals surface area contributed by atoms with E-state index in [0.717, 1.165) is 17.0 Å². The first-order valence-corrected chi connectivity index (χ1v) is 7.82. The van der Waals surface area contributed by atoms with Crippen molar-refractivity contribution in [2.24, 2.45) is 5.10 Å². The molecule has 1 amide bonds. The van der Waals surface area contributed by atoms with E-state index in [2.05, 4.69) is 15.8 Å². The lowest BCUT2D eigenvalue weighted by Crippen LogP contribution is -2.35. The molecule has 24 heavy (non-hydrogen) atoms. The largest absolute Gasteiger partial charge is 0.495 e. The number of methoxy groups -OCH3 is 1. The Morgan fingerprint density at radius 1 is 1.12 bits per heavy atom. The minimum absolute atomic E-state index is 0.215. The van der Waals surface area contributed by atoms with Gasteiger partial charge in [0.2, 0.25) is 0 Å². The summed E-state index contributed by atoms with van der Waals surface area (Å²) < 4.78 is 5.27. The third-order valence-corrected chi connectivity index (χ3v) is 3.68. The molecule has 0 saturated heterocycles. The van der Waals surface area contributed by atoms with E-state index in [0.29, 0.717) is 5.75 Å². The van der Waals surface area contributed by atoms with Gasteiger partial charge in [-0.05, 0) is 38.5 Å². The Bertz CT molecular complexity index is 724. The number of carbonyl (C=O) groups is 1. The lowest BCUT2D eigenvalue weighted by molar-refractivity contribution is -0.121. The Labute approximate surface area is 142 Å². The standard InChI is InChI=1S/C19H23N3O2/c1-13-9-11-16(12-10-13)14(2)21-22-19(23)15(3)20-17-7-5-6-8-18(17)24-4/h5-12,15,20H,1-4H3,(H,22,23)/t15-/m0/s1. The molecule has 0 spiro atoms. The van der Waals surface area contributed by atoms with Gasteiger partial charge in [0.1, 0.15) is 11.8 Å². The molecule has 5 heteroatoms. The molecule has 0 aliphatic rings. The van der Waals surface area contributed by atoms with Gasteiger partial charge in [-0.1, -0.05) is 42.0 Å². The molecular weight excluding hydrogens is 302 g/mol. The Kier molecular flexibility index (Phi) is 5.95. The molecule has 0 heterocycles. The SMILES string of the molecule is COc1ccccc1N[C@@H](C)C(=O)NN=C(C)c1ccc(C)cc1. The number of rotatable bonds is 6. The Balaban J connectivity index is 1.98. The van der Waals surface area contributed by atoms with Gasteiger partial charge in [-0.2, -0.15) is 5.10 Å². The number of aryl methyl sites for hydroxylation is 1. The molecule has 0 fully saturated rings. The van der Waals surface area contributed by atoms with Crippen LogP contribution in [0.5, 0.6) is 5.75 Å². The maximum atomic E-state index is 12.2. The van der Waals surface area contributed by atoms with Crippen molar-refractivity contribution in [3.63, 3.8) is 0 Å². The maximum absolute atomic E-state index is 12.2. The summed E-state index contributed by atoms with van der Waals surface area (Å²) >= 11 is 0. The molecule has 2 N–H and O–H groups in total. The summed E-state index contributed by atoms with van der Waals surface area (Å²) in [6.07, 6.45) is 0. The molecular formula is C19H23N3O2. The van der Waals surface area contributed by atoms with Crippen molar-refractivity contribution >= 4 is 17.3 Å². The first-order chi connectivity index (χ1) is 11.5. The first kappa shape index (κ1) is 17.5. The van der Waals surface area contributed by atoms with Crippen LogP contribution in [0.15, 0.2) is 53.6 Å². The fraction of sp³-hybridized carbons (Fsp3) is 0.263. The van der Waals surface area contributed by atoms with Crippen molar-refractivity contribution in [3.05, 3.63) is 59.7 Å². The van der Waals surface area contributed by atoms with Crippen LogP contribution in [0.25, 0.3) is 0 Å². The molecule has 0 aliphatic heterocycles. The van der Waals surface area contributed by atoms with Gasteiger partial charge in [0.05, 0.1) is 18.5 Å². The van der Waals surface area contributed by atoms with Crippen LogP contribution in [-0.4, -0.2) is 24.8 Å². The van der Waals surface area contributed by atoms with Gasteiger partial charge in [-0.15, -0.1) is 0 Å². The molecule has 0 unspecified atom stereocenters. The number of hydrogen-bond acceptors (Lipinski definition) is 4. The zero-order valence-electron chi connectivity index (χ0n) is 14.5. The summed E-state index contributed by atoms with van der Waals surface area (Å²) in [5.41, 5.74) is 6.29. The van der Waals surface area contributed by atoms with Crippen molar-refractivity contribution in [2.45, 2.75) is 26.8 Å². The normalized spacial score (nSPS) is 12.4. The van der Waals surface area contributed by atoms with Crippen LogP contribution < -0.4 is 15.5 Å². The molecule has 0 bridgehead atoms. The van der Waals surface area contributed by atoms with Gasteiger partial charge < -0.3 is 10.1 Å². The Hall–Kier alpha value is -2.82. The van der Waals surface area contributed by atoms with Crippen LogP contribution >= 0.6 is 0 Å². The van der Waals surface area contributed by atoms with Crippen molar-refractivity contribution in [1.82, 2.24) is 5.43 Å². The monoisotopic (exact) mass is 325 g/mol. The summed E-state index contributed by atoms with van der Waals surface area (Å²) in [7, 11) is 1.60. The van der Waals surface area contributed by atoms with Crippen molar-refractivity contribution in [3.8, 4) is 5.75 Å². The molecule has 0 aliphatic carbocycles. The lowest BCUT2D eigenvalue weighted by atomic mass is 10.1. The molecule has 1 atom stereocenters. The fourth-order valence-corrected chi connectivity index (χ4v) is 2.16. The fourth-order valence-electron chi connectivity index (χ4n) is 2.16. The van der Waals surface area contributed by atoms with Crippen molar-refractivity contribution < 1.29 is 9.53 Å². The molecule has 0 saturated carbocycles. The van der Waals surface area contributed by atoms with E-state index in [1.807, 2.05) is 62.4 Å². The van der Waals surface area contributed by atoms with E-state index < -0.39 is 6.04 Å². The van der Waals surface area contributed by atoms with Crippen molar-refractivity contribution in [2.75, 3.05) is 12.4 Å². The number of benzene rings is 2. The van der Waals surface area contributed by atoms with Crippen molar-refractivity contribution in [1.29, 1.82) is 0 Å². The second-order valence-electron chi connectivity index (χ2n) is 5.61. The van der Waals surface area contributed by atoms with Gasteiger partial charge >= 0.3 is 0 Å². The van der Waals surface area contributed by atoms with E-state index in [1.54, 1.807) is 14.0 Å². The van der Waals surface area contributed by atoms with Gasteiger partial charge in [0, 0.05) is 0 Å². The molecule has 2 aromatic rings. The smallest absolute Gasteiger partial charge is 0.262 e. The minimum Gasteiger partial charge on any atom is -0.495 e. The first-order valence-electron chi connectivity index (χ1n) is 7.82. The number of nitrogens with one attached hydrogen (secondary N) is 2. The average molecular weight is 325 g/mol. The van der Waals surface area contributed by atoms with Gasteiger partial charge in [-0.25, -0.2) is 5.43 Å². The molecule has 0 aromatic heterocycles. The molecule has 2 rings (SSSR count). The predicted octanol–water partition coefficient (Wildman–Crippen LogP) is 3.34. The number of amides is 1. The molecule has 0 radical (unpaired) electrons. The summed E-state index contributed by atoms with van der Waals surface area (Å²) in [6.45, 7) is 5.67. The van der Waals surface area contributed by atoms with Gasteiger partial charge in [0.25, 0.3) is 5.91 Å². The Morgan fingerprint density at radius 3 is 2.46 bits per heavy atom. The third-order valence-electron chi connectivity index (χ3n) is 3.68. The third kappa shape index (κ3) is 4.59. The second kappa shape index (κ2) is 8.15. The van der Waals surface area contributed by atoms with Gasteiger partial charge in [0.15, 0.2) is 0 Å². The van der Waals surface area contributed by atoms with E-state index in [-0.39, 0.29) is 5.91 Å². The summed E-state index contributed by atoms with van der Waals surface area (Å²) in [5.74, 6) is 0.476. The predicted molar refractivity (Wildman–Crippen MR) is 97.6 cm³/mol. The van der Waals surface area contributed by atoms with Crippen LogP contribution in [0.4, 0.5) is 5.69 Å². The summed E-state index contributed by atoms with van der Waals surface area (Å²) in [4.78, 5) is 12.2. The maximum Gasteiger partial charge on any atom is 0.262 e. The number of hydrazone groups is 1. The topological polar surface area (TPSA) is 62.7 Å². The van der Waals surface area contributed by atoms with Crippen LogP contribution in [-0.2, 0) is 4.79 Å². The highest BCUT2D eigenvalue weighted by molar-refractivity contribution is 5.99. The van der Waals surface area contributed by atoms with Gasteiger partial charge in [-0.3, -0.25) is 4.79 Å². The molecule has 5 nitrogen and oxygen atoms in total. The van der Waals surface area contributed by atoms with Crippen LogP contribution in [0.2, 0.25) is 0 Å². The Morgan fingerprint density at radius 2 is 1.79 bits per heavy atom. The van der Waals surface area contributed by atoms with Crippen LogP contribution in [0, 0.1) is 6.92 Å². The number of ether oxygens (including phenoxy) is 1. The van der Waals surface area contributed by atoms with E-state index >= 15 is 0 Å². The number of carbonyl (C=O) groups excluding carboxylic acids is 1.